The van der Waals surface area contributed by atoms with E-state index in [0.717, 1.165) is 23.1 Å². The lowest BCUT2D eigenvalue weighted by molar-refractivity contribution is -0.129. The van der Waals surface area contributed by atoms with Gasteiger partial charge in [0.15, 0.2) is 5.70 Å². The van der Waals surface area contributed by atoms with E-state index in [2.05, 4.69) is 36.2 Å². The van der Waals surface area contributed by atoms with Gasteiger partial charge in [0.2, 0.25) is 5.90 Å². The van der Waals surface area contributed by atoms with E-state index in [1.807, 2.05) is 24.3 Å². The SMILES string of the molecule is CCCCCCCCc1ccc(-c2ccc(C3=NC(=Cc4ccc(F)cc4)C(=O)O3)cc2)cc1. The molecule has 3 nitrogen and oxygen atoms in total. The molecule has 0 fully saturated rings. The second kappa shape index (κ2) is 11.6. The number of nitrogens with zero attached hydrogens (tertiary/aromatic N) is 1. The molecule has 3 aromatic rings. The molecule has 1 aliphatic heterocycles. The van der Waals surface area contributed by atoms with Crippen LogP contribution in [-0.2, 0) is 16.0 Å². The van der Waals surface area contributed by atoms with Gasteiger partial charge < -0.3 is 4.74 Å². The smallest absolute Gasteiger partial charge is 0.363 e. The lowest BCUT2D eigenvalue weighted by Gasteiger charge is -2.06. The molecular formula is C30H30FNO2. The predicted octanol–water partition coefficient (Wildman–Crippen LogP) is 7.74. The number of aryl methyl sites for hydroxylation is 1. The molecule has 0 bridgehead atoms. The summed E-state index contributed by atoms with van der Waals surface area (Å²) < 4.78 is 18.4. The fraction of sp³-hybridized carbons (Fsp3) is 0.267. The van der Waals surface area contributed by atoms with Crippen LogP contribution < -0.4 is 0 Å². The number of hydrogen-bond donors (Lipinski definition) is 0. The van der Waals surface area contributed by atoms with Gasteiger partial charge in [-0.2, -0.15) is 0 Å². The highest BCUT2D eigenvalue weighted by molar-refractivity contribution is 6.12. The number of hydrogen-bond acceptors (Lipinski definition) is 3. The van der Waals surface area contributed by atoms with Gasteiger partial charge in [-0.25, -0.2) is 14.2 Å². The quantitative estimate of drug-likeness (QED) is 0.178. The first-order valence-corrected chi connectivity index (χ1v) is 12.1. The fourth-order valence-electron chi connectivity index (χ4n) is 4.03. The molecule has 0 aromatic heterocycles. The molecule has 1 heterocycles. The second-order valence-electron chi connectivity index (χ2n) is 8.68. The lowest BCUT2D eigenvalue weighted by Crippen LogP contribution is -2.05. The Morgan fingerprint density at radius 2 is 1.35 bits per heavy atom. The van der Waals surface area contributed by atoms with E-state index in [4.69, 9.17) is 4.74 Å². The summed E-state index contributed by atoms with van der Waals surface area (Å²) in [5.74, 6) is -0.559. The number of cyclic esters (lactones) is 1. The third-order valence-electron chi connectivity index (χ3n) is 6.03. The maximum Gasteiger partial charge on any atom is 0.363 e. The molecule has 0 radical (unpaired) electrons. The van der Waals surface area contributed by atoms with Crippen LogP contribution in [0.15, 0.2) is 83.5 Å². The Kier molecular flexibility index (Phi) is 8.03. The van der Waals surface area contributed by atoms with Crippen molar-refractivity contribution in [2.45, 2.75) is 51.9 Å². The van der Waals surface area contributed by atoms with Gasteiger partial charge >= 0.3 is 5.97 Å². The van der Waals surface area contributed by atoms with Crippen LogP contribution in [0.3, 0.4) is 0 Å². The first kappa shape index (κ1) is 23.6. The monoisotopic (exact) mass is 455 g/mol. The Morgan fingerprint density at radius 1 is 0.765 bits per heavy atom. The van der Waals surface area contributed by atoms with Gasteiger partial charge in [-0.1, -0.05) is 87.6 Å². The van der Waals surface area contributed by atoms with Gasteiger partial charge in [0, 0.05) is 5.56 Å². The molecule has 0 aliphatic carbocycles. The topological polar surface area (TPSA) is 38.7 Å². The van der Waals surface area contributed by atoms with Crippen molar-refractivity contribution in [1.82, 2.24) is 0 Å². The summed E-state index contributed by atoms with van der Waals surface area (Å²) >= 11 is 0. The van der Waals surface area contributed by atoms with E-state index >= 15 is 0 Å². The van der Waals surface area contributed by atoms with Gasteiger partial charge in [0.1, 0.15) is 5.82 Å². The van der Waals surface area contributed by atoms with Crippen LogP contribution in [0.2, 0.25) is 0 Å². The maximum atomic E-state index is 13.1. The number of rotatable bonds is 10. The van der Waals surface area contributed by atoms with Crippen molar-refractivity contribution in [1.29, 1.82) is 0 Å². The predicted molar refractivity (Wildman–Crippen MR) is 136 cm³/mol. The van der Waals surface area contributed by atoms with E-state index in [-0.39, 0.29) is 17.4 Å². The minimum atomic E-state index is -0.510. The molecule has 0 saturated heterocycles. The molecule has 4 heteroatoms. The Hall–Kier alpha value is -3.53. The summed E-state index contributed by atoms with van der Waals surface area (Å²) in [6.45, 7) is 2.25. The van der Waals surface area contributed by atoms with Gasteiger partial charge in [-0.15, -0.1) is 0 Å². The average molecular weight is 456 g/mol. The summed E-state index contributed by atoms with van der Waals surface area (Å²) in [7, 11) is 0. The van der Waals surface area contributed by atoms with Crippen LogP contribution >= 0.6 is 0 Å². The minimum absolute atomic E-state index is 0.201. The Morgan fingerprint density at radius 3 is 2.03 bits per heavy atom. The standard InChI is InChI=1S/C30H30FNO2/c1-2-3-4-5-6-7-8-22-9-13-24(14-10-22)25-15-17-26(18-16-25)29-32-28(30(33)34-29)21-23-11-19-27(31)20-12-23/h9-21H,2-8H2,1H3. The van der Waals surface area contributed by atoms with Crippen molar-refractivity contribution < 1.29 is 13.9 Å². The van der Waals surface area contributed by atoms with Crippen molar-refractivity contribution >= 4 is 17.9 Å². The zero-order chi connectivity index (χ0) is 23.8. The summed E-state index contributed by atoms with van der Waals surface area (Å²) in [5.41, 5.74) is 5.26. The third kappa shape index (κ3) is 6.28. The molecule has 0 N–H and O–H groups in total. The number of carbonyl (C=O) groups excluding carboxylic acids is 1. The van der Waals surface area contributed by atoms with Crippen LogP contribution in [0, 0.1) is 5.82 Å². The number of carbonyl (C=O) groups is 1. The van der Waals surface area contributed by atoms with Crippen LogP contribution in [0.5, 0.6) is 0 Å². The van der Waals surface area contributed by atoms with E-state index in [0.29, 0.717) is 5.56 Å². The molecule has 1 aliphatic rings. The third-order valence-corrected chi connectivity index (χ3v) is 6.03. The Balaban J connectivity index is 1.37. The number of ether oxygens (including phenoxy) is 1. The van der Waals surface area contributed by atoms with E-state index in [9.17, 15) is 9.18 Å². The number of benzene rings is 3. The highest BCUT2D eigenvalue weighted by Gasteiger charge is 2.24. The Labute approximate surface area is 201 Å². The van der Waals surface area contributed by atoms with Crippen LogP contribution in [0.25, 0.3) is 17.2 Å². The van der Waals surface area contributed by atoms with Gasteiger partial charge in [-0.05, 0) is 65.4 Å². The van der Waals surface area contributed by atoms with Crippen molar-refractivity contribution in [2.75, 3.05) is 0 Å². The number of halogens is 1. The summed E-state index contributed by atoms with van der Waals surface area (Å²) in [4.78, 5) is 16.5. The second-order valence-corrected chi connectivity index (χ2v) is 8.68. The van der Waals surface area contributed by atoms with E-state index < -0.39 is 5.97 Å². The van der Waals surface area contributed by atoms with E-state index in [1.54, 1.807) is 18.2 Å². The molecule has 0 unspecified atom stereocenters. The highest BCUT2D eigenvalue weighted by Crippen LogP contribution is 2.24. The van der Waals surface area contributed by atoms with Crippen LogP contribution in [-0.4, -0.2) is 11.9 Å². The zero-order valence-electron chi connectivity index (χ0n) is 19.6. The molecule has 34 heavy (non-hydrogen) atoms. The molecular weight excluding hydrogens is 425 g/mol. The van der Waals surface area contributed by atoms with E-state index in [1.165, 1.54) is 56.2 Å². The molecule has 0 spiro atoms. The molecule has 0 amide bonds. The molecule has 4 rings (SSSR count). The molecule has 0 atom stereocenters. The van der Waals surface area contributed by atoms with Gasteiger partial charge in [-0.3, -0.25) is 0 Å². The normalized spacial score (nSPS) is 14.4. The first-order valence-electron chi connectivity index (χ1n) is 12.1. The van der Waals surface area contributed by atoms with Gasteiger partial charge in [0.25, 0.3) is 0 Å². The zero-order valence-corrected chi connectivity index (χ0v) is 19.6. The van der Waals surface area contributed by atoms with Crippen molar-refractivity contribution in [3.05, 3.63) is 101 Å². The van der Waals surface area contributed by atoms with Crippen LogP contribution in [0.4, 0.5) is 4.39 Å². The van der Waals surface area contributed by atoms with Crippen molar-refractivity contribution in [3.63, 3.8) is 0 Å². The van der Waals surface area contributed by atoms with Crippen molar-refractivity contribution in [2.24, 2.45) is 4.99 Å². The molecule has 3 aromatic carbocycles. The number of unbranched alkanes of at least 4 members (excludes halogenated alkanes) is 5. The highest BCUT2D eigenvalue weighted by atomic mass is 19.1. The molecule has 174 valence electrons. The minimum Gasteiger partial charge on any atom is -0.402 e. The fourth-order valence-corrected chi connectivity index (χ4v) is 4.03. The summed E-state index contributed by atoms with van der Waals surface area (Å²) in [6.07, 6.45) is 10.6. The maximum absolute atomic E-state index is 13.1. The van der Waals surface area contributed by atoms with Crippen molar-refractivity contribution in [3.8, 4) is 11.1 Å². The summed E-state index contributed by atoms with van der Waals surface area (Å²) in [6, 6.07) is 22.5. The lowest BCUT2D eigenvalue weighted by atomic mass is 10.00. The number of esters is 1. The largest absolute Gasteiger partial charge is 0.402 e. The molecule has 0 saturated carbocycles. The first-order chi connectivity index (χ1) is 16.6. The van der Waals surface area contributed by atoms with Crippen LogP contribution in [0.1, 0.15) is 62.1 Å². The Bertz CT molecular complexity index is 1160. The summed E-state index contributed by atoms with van der Waals surface area (Å²) in [5, 5.41) is 0. The average Bonchev–Trinajstić information content (AvgIpc) is 3.23. The number of aliphatic imine (C=N–C) groups is 1. The van der Waals surface area contributed by atoms with Gasteiger partial charge in [0.05, 0.1) is 0 Å².